The summed E-state index contributed by atoms with van der Waals surface area (Å²) in [6, 6.07) is 112. The van der Waals surface area contributed by atoms with E-state index in [1.165, 1.54) is 165 Å². The Hall–Kier alpha value is -13.0. The average Bonchev–Trinajstić information content (AvgIpc) is 1.53. The fraction of sp³-hybridized carbons (Fsp3) is 0.0619. The molecule has 0 saturated heterocycles. The van der Waals surface area contributed by atoms with E-state index >= 15 is 0 Å². The van der Waals surface area contributed by atoms with Crippen LogP contribution >= 0.6 is 0 Å². The summed E-state index contributed by atoms with van der Waals surface area (Å²) in [7, 11) is 0. The number of aryl methyl sites for hydroxylation is 1. The van der Waals surface area contributed by atoms with Crippen molar-refractivity contribution in [1.29, 1.82) is 0 Å². The molecule has 0 spiro atoms. The lowest BCUT2D eigenvalue weighted by Gasteiger charge is -2.26. The smallest absolute Gasteiger partial charge is 0.235 e. The predicted octanol–water partition coefficient (Wildman–Crippen LogP) is 24.6. The zero-order valence-electron chi connectivity index (χ0n) is 56.0. The fourth-order valence-corrected chi connectivity index (χ4v) is 19.7. The minimum absolute atomic E-state index is 0.0849. The Bertz CT molecular complexity index is 7290. The van der Waals surface area contributed by atoms with Crippen molar-refractivity contribution in [2.75, 3.05) is 0 Å². The molecule has 2 bridgehead atoms. The summed E-state index contributed by atoms with van der Waals surface area (Å²) >= 11 is 0. The summed E-state index contributed by atoms with van der Waals surface area (Å²) in [6.07, 6.45) is 5.86. The molecule has 3 aliphatic rings. The third-order valence-electron chi connectivity index (χ3n) is 24.0. The lowest BCUT2D eigenvalue weighted by atomic mass is 9.78. The van der Waals surface area contributed by atoms with Crippen LogP contribution in [0.5, 0.6) is 0 Å². The second-order valence-corrected chi connectivity index (χ2v) is 29.0. The Morgan fingerprint density at radius 2 is 1.00 bits per heavy atom. The molecule has 6 aromatic heterocycles. The molecule has 0 saturated carbocycles. The van der Waals surface area contributed by atoms with Gasteiger partial charge in [0, 0.05) is 83.3 Å². The van der Waals surface area contributed by atoms with Gasteiger partial charge in [-0.3, -0.25) is 9.13 Å². The quantitative estimate of drug-likeness (QED) is 0.173. The Morgan fingerprint density at radius 3 is 1.89 bits per heavy atom. The Balaban J connectivity index is 0.693. The van der Waals surface area contributed by atoms with Gasteiger partial charge in [-0.25, -0.2) is 15.0 Å². The summed E-state index contributed by atoms with van der Waals surface area (Å²) < 4.78 is 7.38. The minimum Gasteiger partial charge on any atom is -0.308 e. The molecular formula is C97H60N6. The molecule has 21 aromatic rings. The first-order chi connectivity index (χ1) is 51.1. The number of pyridine rings is 1. The largest absolute Gasteiger partial charge is 0.308 e. The summed E-state index contributed by atoms with van der Waals surface area (Å²) in [4.78, 5) is 16.5. The number of nitrogens with zero attached hydrogens (tertiary/aromatic N) is 6. The molecule has 6 heteroatoms. The van der Waals surface area contributed by atoms with Crippen molar-refractivity contribution in [3.8, 4) is 67.4 Å². The maximum absolute atomic E-state index is 5.84. The van der Waals surface area contributed by atoms with Crippen molar-refractivity contribution in [2.24, 2.45) is 0 Å². The third-order valence-corrected chi connectivity index (χ3v) is 24.0. The molecule has 0 N–H and O–H groups in total. The Labute approximate surface area is 591 Å². The third kappa shape index (κ3) is 7.68. The summed E-state index contributed by atoms with van der Waals surface area (Å²) in [6.45, 7) is 0. The SMILES string of the molecule is c1cc(C2CCc3ccccc3-c3cc4c5cc(-c6ccc7ccc(-c8nc(-n9c%10ccccc%10c%10cc%11c%12c(c%109)-c9c(ccc%10ccccc9%10)[C@H](CC%12)c9ccccc9-%11)nc9ccccc89)cc7c6)ccc5n5c6ccc7ccccc7c6c(c32)c45)cc(-n2c3ccccc3c3cccnc32)c1. The number of hydrogen-bond donors (Lipinski definition) is 0. The first kappa shape index (κ1) is 55.8. The van der Waals surface area contributed by atoms with Crippen LogP contribution in [0.3, 0.4) is 0 Å². The monoisotopic (exact) mass is 1310 g/mol. The van der Waals surface area contributed by atoms with Crippen molar-refractivity contribution >= 4 is 125 Å². The molecule has 103 heavy (non-hydrogen) atoms. The van der Waals surface area contributed by atoms with Gasteiger partial charge in [0.05, 0.1) is 44.3 Å². The molecule has 15 aromatic carbocycles. The van der Waals surface area contributed by atoms with Gasteiger partial charge in [-0.05, 0) is 215 Å². The van der Waals surface area contributed by atoms with Gasteiger partial charge >= 0.3 is 0 Å². The molecule has 0 fully saturated rings. The molecule has 0 amide bonds. The fourth-order valence-electron chi connectivity index (χ4n) is 19.7. The van der Waals surface area contributed by atoms with Crippen molar-refractivity contribution in [3.63, 3.8) is 0 Å². The zero-order chi connectivity index (χ0) is 66.9. The van der Waals surface area contributed by atoms with Crippen LogP contribution in [0.4, 0.5) is 0 Å². The van der Waals surface area contributed by atoms with E-state index in [2.05, 4.69) is 311 Å². The van der Waals surface area contributed by atoms with Crippen LogP contribution < -0.4 is 0 Å². The predicted molar refractivity (Wildman–Crippen MR) is 427 cm³/mol. The zero-order valence-corrected chi connectivity index (χ0v) is 56.0. The van der Waals surface area contributed by atoms with Gasteiger partial charge in [-0.2, -0.15) is 0 Å². The second-order valence-electron chi connectivity index (χ2n) is 29.0. The van der Waals surface area contributed by atoms with E-state index < -0.39 is 0 Å². The molecule has 0 aliphatic heterocycles. The number of fused-ring (bicyclic) bond motifs is 31. The van der Waals surface area contributed by atoms with Crippen LogP contribution in [0.25, 0.3) is 192 Å². The number of benzene rings is 15. The van der Waals surface area contributed by atoms with Gasteiger partial charge in [0.2, 0.25) is 5.95 Å². The standard InChI is InChI=1S/C97H60N6/c1-4-22-65-56(17-1)38-42-68(61-20-15-21-64(51-61)101-84-32-13-10-27-72(84)76-30-16-48-98-96(76)101)89-80(65)54-82-79-52-60(41-46-86(79)102-87-47-40-58-19-3-6-24-67(58)90(87)92(89)95(82)102)59-36-34-55-35-37-62(50-63(55)49-59)93-77-29-9-12-31-83(77)99-97(100-93)103-85-33-14-11-28-73(85)81-53-78-70-26-8-7-25-69(70)71-44-45-75(78)91(94(81)103)88-66-23-5-2-18-57(66)39-43-74(71)88/h1-37,39-41,43,46-54,68,71H,38,42,44-45H2/t68?,71-/m1/s1. The van der Waals surface area contributed by atoms with Crippen LogP contribution in [0.2, 0.25) is 0 Å². The van der Waals surface area contributed by atoms with Gasteiger partial charge in [0.25, 0.3) is 0 Å². The van der Waals surface area contributed by atoms with E-state index in [9.17, 15) is 0 Å². The highest BCUT2D eigenvalue weighted by Gasteiger charge is 2.37. The van der Waals surface area contributed by atoms with Gasteiger partial charge in [0.15, 0.2) is 0 Å². The van der Waals surface area contributed by atoms with Gasteiger partial charge in [-0.1, -0.05) is 212 Å². The van der Waals surface area contributed by atoms with Crippen LogP contribution in [-0.2, 0) is 12.8 Å². The molecule has 6 heterocycles. The number of para-hydroxylation sites is 3. The van der Waals surface area contributed by atoms with Crippen LogP contribution in [0.15, 0.2) is 303 Å². The van der Waals surface area contributed by atoms with E-state index in [1.54, 1.807) is 0 Å². The molecular weight excluding hydrogens is 1250 g/mol. The van der Waals surface area contributed by atoms with Crippen molar-refractivity contribution < 1.29 is 0 Å². The van der Waals surface area contributed by atoms with Crippen molar-refractivity contribution in [2.45, 2.75) is 37.5 Å². The molecule has 6 nitrogen and oxygen atoms in total. The summed E-state index contributed by atoms with van der Waals surface area (Å²) in [5.74, 6) is 1.01. The van der Waals surface area contributed by atoms with E-state index in [0.717, 1.165) is 81.0 Å². The van der Waals surface area contributed by atoms with Crippen LogP contribution in [0.1, 0.15) is 58.1 Å². The maximum atomic E-state index is 5.84. The van der Waals surface area contributed by atoms with Crippen LogP contribution in [-0.4, -0.2) is 28.5 Å². The Morgan fingerprint density at radius 1 is 0.340 bits per heavy atom. The summed E-state index contributed by atoms with van der Waals surface area (Å²) in [5, 5.41) is 18.4. The molecule has 24 rings (SSSR count). The molecule has 0 radical (unpaired) electrons. The first-order valence-electron chi connectivity index (χ1n) is 36.3. The first-order valence-corrected chi connectivity index (χ1v) is 36.3. The summed E-state index contributed by atoms with van der Waals surface area (Å²) in [5.41, 5.74) is 30.8. The number of hydrogen-bond acceptors (Lipinski definition) is 3. The average molecular weight is 1310 g/mol. The molecule has 1 unspecified atom stereocenters. The van der Waals surface area contributed by atoms with Gasteiger partial charge < -0.3 is 4.40 Å². The van der Waals surface area contributed by atoms with Gasteiger partial charge in [-0.15, -0.1) is 0 Å². The number of aromatic nitrogens is 6. The van der Waals surface area contributed by atoms with Gasteiger partial charge in [0.1, 0.15) is 5.65 Å². The highest BCUT2D eigenvalue weighted by molar-refractivity contribution is 6.31. The van der Waals surface area contributed by atoms with E-state index in [0.29, 0.717) is 5.95 Å². The normalized spacial score (nSPS) is 14.8. The highest BCUT2D eigenvalue weighted by Crippen LogP contribution is 2.57. The molecule has 478 valence electrons. The van der Waals surface area contributed by atoms with E-state index in [4.69, 9.17) is 15.0 Å². The number of rotatable bonds is 5. The van der Waals surface area contributed by atoms with Crippen LogP contribution in [0, 0.1) is 0 Å². The topological polar surface area (TPSA) is 52.9 Å². The van der Waals surface area contributed by atoms with Crippen molar-refractivity contribution in [1.82, 2.24) is 28.5 Å². The molecule has 2 atom stereocenters. The van der Waals surface area contributed by atoms with Crippen molar-refractivity contribution in [3.05, 3.63) is 337 Å². The van der Waals surface area contributed by atoms with E-state index in [1.807, 2.05) is 6.20 Å². The maximum Gasteiger partial charge on any atom is 0.235 e. The highest BCUT2D eigenvalue weighted by atomic mass is 15.2. The lowest BCUT2D eigenvalue weighted by Crippen LogP contribution is -2.07. The second kappa shape index (κ2) is 20.8. The lowest BCUT2D eigenvalue weighted by molar-refractivity contribution is 0.730. The van der Waals surface area contributed by atoms with E-state index in [-0.39, 0.29) is 11.8 Å². The minimum atomic E-state index is 0.0849. The molecule has 3 aliphatic carbocycles. The Kier molecular flexibility index (Phi) is 11.3.